The molecule has 0 saturated carbocycles. The third-order valence-electron chi connectivity index (χ3n) is 2.28. The third kappa shape index (κ3) is 1.93. The molecular formula is C11H10N2O3. The minimum Gasteiger partial charge on any atom is -0.480 e. The first-order chi connectivity index (χ1) is 7.68. The Morgan fingerprint density at radius 2 is 2.19 bits per heavy atom. The number of para-hydroxylation sites is 1. The number of carboxylic acids is 1. The number of anilines is 1. The van der Waals surface area contributed by atoms with E-state index in [0.717, 1.165) is 5.56 Å². The van der Waals surface area contributed by atoms with Gasteiger partial charge >= 0.3 is 5.97 Å². The number of benzene rings is 1. The van der Waals surface area contributed by atoms with Gasteiger partial charge in [-0.2, -0.15) is 0 Å². The zero-order chi connectivity index (χ0) is 11.5. The summed E-state index contributed by atoms with van der Waals surface area (Å²) in [6, 6.07) is 7.10. The second kappa shape index (κ2) is 4.14. The van der Waals surface area contributed by atoms with Crippen molar-refractivity contribution < 1.29 is 14.7 Å². The molecule has 0 bridgehead atoms. The van der Waals surface area contributed by atoms with Gasteiger partial charge in [0.05, 0.1) is 5.69 Å². The first-order valence-corrected chi connectivity index (χ1v) is 4.79. The topological polar surface area (TPSA) is 70.0 Å². The fourth-order valence-electron chi connectivity index (χ4n) is 1.59. The number of nitrogens with zero attached hydrogens (tertiary/aromatic N) is 2. The lowest BCUT2D eigenvalue weighted by Crippen LogP contribution is -2.36. The van der Waals surface area contributed by atoms with E-state index in [9.17, 15) is 9.59 Å². The highest BCUT2D eigenvalue weighted by Crippen LogP contribution is 2.20. The molecule has 0 unspecified atom stereocenters. The van der Waals surface area contributed by atoms with Crippen LogP contribution in [0.4, 0.5) is 5.69 Å². The molecule has 1 aliphatic rings. The summed E-state index contributed by atoms with van der Waals surface area (Å²) in [6.07, 6.45) is 1.59. The Morgan fingerprint density at radius 1 is 1.44 bits per heavy atom. The number of hydrogen-bond acceptors (Lipinski definition) is 3. The molecule has 0 radical (unpaired) electrons. The highest BCUT2D eigenvalue weighted by Gasteiger charge is 2.21. The molecule has 0 saturated heterocycles. The average Bonchev–Trinajstić information content (AvgIpc) is 2.40. The summed E-state index contributed by atoms with van der Waals surface area (Å²) in [5.74, 6) is -1.34. The standard InChI is InChI=1S/C11H10N2O3/c14-10-6-12-5-8-3-1-2-4-9(8)13(10)7-11(15)16/h1-5H,6-7H2,(H,15,16). The second-order valence-corrected chi connectivity index (χ2v) is 3.40. The minimum atomic E-state index is -1.04. The van der Waals surface area contributed by atoms with E-state index >= 15 is 0 Å². The number of carbonyl (C=O) groups is 2. The highest BCUT2D eigenvalue weighted by atomic mass is 16.4. The molecule has 1 aliphatic heterocycles. The third-order valence-corrected chi connectivity index (χ3v) is 2.28. The molecule has 1 N–H and O–H groups in total. The van der Waals surface area contributed by atoms with Crippen LogP contribution in [-0.2, 0) is 9.59 Å². The summed E-state index contributed by atoms with van der Waals surface area (Å²) in [7, 11) is 0. The van der Waals surface area contributed by atoms with Gasteiger partial charge in [0.1, 0.15) is 13.1 Å². The molecule has 2 rings (SSSR count). The monoisotopic (exact) mass is 218 g/mol. The van der Waals surface area contributed by atoms with Gasteiger partial charge in [0.25, 0.3) is 0 Å². The van der Waals surface area contributed by atoms with Crippen LogP contribution in [0, 0.1) is 0 Å². The van der Waals surface area contributed by atoms with E-state index in [1.807, 2.05) is 6.07 Å². The van der Waals surface area contributed by atoms with Crippen LogP contribution >= 0.6 is 0 Å². The predicted octanol–water partition coefficient (Wildman–Crippen LogP) is 0.537. The van der Waals surface area contributed by atoms with Crippen molar-refractivity contribution in [2.24, 2.45) is 4.99 Å². The van der Waals surface area contributed by atoms with Crippen LogP contribution in [0.2, 0.25) is 0 Å². The molecule has 0 atom stereocenters. The first kappa shape index (κ1) is 10.4. The van der Waals surface area contributed by atoms with Gasteiger partial charge in [0.2, 0.25) is 5.91 Å². The zero-order valence-corrected chi connectivity index (χ0v) is 8.46. The molecule has 1 aromatic carbocycles. The van der Waals surface area contributed by atoms with Gasteiger partial charge in [-0.05, 0) is 6.07 Å². The van der Waals surface area contributed by atoms with E-state index in [1.54, 1.807) is 24.4 Å². The lowest BCUT2D eigenvalue weighted by atomic mass is 10.2. The largest absolute Gasteiger partial charge is 0.480 e. The number of rotatable bonds is 2. The van der Waals surface area contributed by atoms with Gasteiger partial charge in [-0.15, -0.1) is 0 Å². The van der Waals surface area contributed by atoms with Crippen molar-refractivity contribution in [3.8, 4) is 0 Å². The number of benzodiazepines with no additional fused rings is 1. The molecule has 0 spiro atoms. The fraction of sp³-hybridized carbons (Fsp3) is 0.182. The molecule has 5 heteroatoms. The summed E-state index contributed by atoms with van der Waals surface area (Å²) in [6.45, 7) is -0.346. The number of aliphatic imine (C=N–C) groups is 1. The minimum absolute atomic E-state index is 0.0119. The molecule has 1 heterocycles. The van der Waals surface area contributed by atoms with Gasteiger partial charge in [0, 0.05) is 11.8 Å². The van der Waals surface area contributed by atoms with Crippen LogP contribution in [0.5, 0.6) is 0 Å². The van der Waals surface area contributed by atoms with E-state index in [2.05, 4.69) is 4.99 Å². The van der Waals surface area contributed by atoms with E-state index in [-0.39, 0.29) is 19.0 Å². The Morgan fingerprint density at radius 3 is 2.94 bits per heavy atom. The number of aliphatic carboxylic acids is 1. The average molecular weight is 218 g/mol. The Kier molecular flexibility index (Phi) is 2.68. The second-order valence-electron chi connectivity index (χ2n) is 3.40. The molecule has 82 valence electrons. The van der Waals surface area contributed by atoms with Crippen LogP contribution < -0.4 is 4.90 Å². The SMILES string of the molecule is O=C(O)CN1C(=O)CN=Cc2ccccc21. The van der Waals surface area contributed by atoms with Crippen LogP contribution in [0.15, 0.2) is 29.3 Å². The van der Waals surface area contributed by atoms with Crippen molar-refractivity contribution >= 4 is 23.8 Å². The Bertz CT molecular complexity index is 468. The van der Waals surface area contributed by atoms with Gasteiger partial charge in [-0.1, -0.05) is 18.2 Å². The molecule has 0 aliphatic carbocycles. The zero-order valence-electron chi connectivity index (χ0n) is 8.46. The molecule has 1 amide bonds. The van der Waals surface area contributed by atoms with E-state index in [0.29, 0.717) is 5.69 Å². The molecule has 5 nitrogen and oxygen atoms in total. The quantitative estimate of drug-likeness (QED) is 0.787. The predicted molar refractivity (Wildman–Crippen MR) is 58.9 cm³/mol. The van der Waals surface area contributed by atoms with Gasteiger partial charge in [0.15, 0.2) is 0 Å². The van der Waals surface area contributed by atoms with E-state index in [4.69, 9.17) is 5.11 Å². The maximum absolute atomic E-state index is 11.7. The van der Waals surface area contributed by atoms with Gasteiger partial charge in [-0.3, -0.25) is 19.5 Å². The summed E-state index contributed by atoms with van der Waals surface area (Å²) < 4.78 is 0. The maximum atomic E-state index is 11.7. The summed E-state index contributed by atoms with van der Waals surface area (Å²) in [4.78, 5) is 27.5. The molecular weight excluding hydrogens is 208 g/mol. The number of hydrogen-bond donors (Lipinski definition) is 1. The van der Waals surface area contributed by atoms with Crippen LogP contribution in [0.25, 0.3) is 0 Å². The summed E-state index contributed by atoms with van der Waals surface area (Å²) in [5.41, 5.74) is 1.35. The summed E-state index contributed by atoms with van der Waals surface area (Å²) >= 11 is 0. The normalized spacial score (nSPS) is 14.5. The van der Waals surface area contributed by atoms with Crippen molar-refractivity contribution in [1.29, 1.82) is 0 Å². The number of amides is 1. The van der Waals surface area contributed by atoms with Crippen molar-refractivity contribution in [2.45, 2.75) is 0 Å². The van der Waals surface area contributed by atoms with Crippen LogP contribution in [0.1, 0.15) is 5.56 Å². The van der Waals surface area contributed by atoms with E-state index in [1.165, 1.54) is 4.90 Å². The fourth-order valence-corrected chi connectivity index (χ4v) is 1.59. The molecule has 0 fully saturated rings. The molecule has 0 aromatic heterocycles. The number of carbonyl (C=O) groups excluding carboxylic acids is 1. The Labute approximate surface area is 92.0 Å². The number of fused-ring (bicyclic) bond motifs is 1. The number of carboxylic acid groups (broad SMARTS) is 1. The summed E-state index contributed by atoms with van der Waals surface area (Å²) in [5, 5.41) is 8.77. The Balaban J connectivity index is 2.44. The van der Waals surface area contributed by atoms with Crippen LogP contribution in [-0.4, -0.2) is 36.3 Å². The van der Waals surface area contributed by atoms with Gasteiger partial charge in [-0.25, -0.2) is 0 Å². The van der Waals surface area contributed by atoms with Crippen molar-refractivity contribution in [3.05, 3.63) is 29.8 Å². The maximum Gasteiger partial charge on any atom is 0.323 e. The molecule has 1 aromatic rings. The van der Waals surface area contributed by atoms with E-state index < -0.39 is 5.97 Å². The highest BCUT2D eigenvalue weighted by molar-refractivity contribution is 6.05. The lowest BCUT2D eigenvalue weighted by Gasteiger charge is -2.19. The van der Waals surface area contributed by atoms with Crippen molar-refractivity contribution in [1.82, 2.24) is 0 Å². The Hall–Kier alpha value is -2.17. The van der Waals surface area contributed by atoms with Gasteiger partial charge < -0.3 is 5.11 Å². The van der Waals surface area contributed by atoms with Crippen molar-refractivity contribution in [2.75, 3.05) is 18.0 Å². The molecule has 16 heavy (non-hydrogen) atoms. The smallest absolute Gasteiger partial charge is 0.323 e. The lowest BCUT2D eigenvalue weighted by molar-refractivity contribution is -0.136. The first-order valence-electron chi connectivity index (χ1n) is 4.79. The van der Waals surface area contributed by atoms with Crippen LogP contribution in [0.3, 0.4) is 0 Å². The van der Waals surface area contributed by atoms with Crippen molar-refractivity contribution in [3.63, 3.8) is 0 Å².